The summed E-state index contributed by atoms with van der Waals surface area (Å²) in [5, 5.41) is 0.574. The van der Waals surface area contributed by atoms with E-state index in [1.165, 1.54) is 4.57 Å². The zero-order valence-corrected chi connectivity index (χ0v) is 20.6. The number of carbonyl (C=O) groups is 1. The van der Waals surface area contributed by atoms with Gasteiger partial charge < -0.3 is 15.5 Å². The van der Waals surface area contributed by atoms with Crippen molar-refractivity contribution in [2.75, 3.05) is 31.1 Å². The molecule has 0 radical (unpaired) electrons. The Morgan fingerprint density at radius 2 is 1.86 bits per heavy atom. The average Bonchev–Trinajstić information content (AvgIpc) is 3.51. The lowest BCUT2D eigenvalue weighted by atomic mass is 10.1. The third kappa shape index (κ3) is 4.36. The van der Waals surface area contributed by atoms with Gasteiger partial charge in [-0.1, -0.05) is 29.8 Å². The van der Waals surface area contributed by atoms with Crippen molar-refractivity contribution in [1.29, 1.82) is 0 Å². The fraction of sp³-hybridized carbons (Fsp3) is 0.500. The highest BCUT2D eigenvalue weighted by Crippen LogP contribution is 2.26. The van der Waals surface area contributed by atoms with Gasteiger partial charge in [-0.3, -0.25) is 18.7 Å². The molecule has 0 bridgehead atoms. The molecule has 2 fully saturated rings. The van der Waals surface area contributed by atoms with E-state index in [1.54, 1.807) is 18.0 Å². The number of aryl methyl sites for hydroxylation is 1. The van der Waals surface area contributed by atoms with Crippen LogP contribution in [0, 0.1) is 0 Å². The number of hydrogen-bond acceptors (Lipinski definition) is 6. The number of halogens is 1. The second kappa shape index (κ2) is 9.50. The molecule has 5 rings (SSSR count). The molecule has 4 heterocycles. The van der Waals surface area contributed by atoms with E-state index in [1.807, 2.05) is 22.8 Å². The highest BCUT2D eigenvalue weighted by atomic mass is 35.5. The molecule has 1 amide bonds. The number of nitrogens with zero attached hydrogens (tertiary/aromatic N) is 6. The zero-order valence-electron chi connectivity index (χ0n) is 19.8. The monoisotopic (exact) mass is 499 g/mol. The van der Waals surface area contributed by atoms with Crippen LogP contribution in [-0.4, -0.2) is 61.7 Å². The number of benzene rings is 1. The zero-order chi connectivity index (χ0) is 24.7. The summed E-state index contributed by atoms with van der Waals surface area (Å²) in [4.78, 5) is 48.3. The molecule has 10 nitrogen and oxygen atoms in total. The molecule has 0 spiro atoms. The average molecular weight is 500 g/mol. The predicted molar refractivity (Wildman–Crippen MR) is 135 cm³/mol. The lowest BCUT2D eigenvalue weighted by molar-refractivity contribution is -0.130. The first-order valence-electron chi connectivity index (χ1n) is 12.1. The van der Waals surface area contributed by atoms with Crippen LogP contribution in [0.5, 0.6) is 0 Å². The van der Waals surface area contributed by atoms with Gasteiger partial charge in [-0.2, -0.15) is 4.98 Å². The second-order valence-corrected chi connectivity index (χ2v) is 9.84. The van der Waals surface area contributed by atoms with Gasteiger partial charge in [0.05, 0.1) is 6.54 Å². The molecule has 2 saturated heterocycles. The smallest absolute Gasteiger partial charge is 0.332 e. The molecule has 3 aromatic rings. The van der Waals surface area contributed by atoms with Crippen LogP contribution < -0.4 is 21.9 Å². The Hall–Kier alpha value is -3.11. The normalized spacial score (nSPS) is 18.5. The van der Waals surface area contributed by atoms with E-state index in [-0.39, 0.29) is 29.7 Å². The van der Waals surface area contributed by atoms with Crippen molar-refractivity contribution in [2.45, 2.75) is 44.8 Å². The maximum absolute atomic E-state index is 13.8. The van der Waals surface area contributed by atoms with Crippen molar-refractivity contribution < 1.29 is 4.79 Å². The molecular formula is C24H30ClN7O3. The van der Waals surface area contributed by atoms with Gasteiger partial charge in [0.1, 0.15) is 6.54 Å². The number of likely N-dealkylation sites (tertiary alicyclic amines) is 1. The number of aromatic nitrogens is 4. The van der Waals surface area contributed by atoms with E-state index in [4.69, 9.17) is 22.3 Å². The third-order valence-corrected chi connectivity index (χ3v) is 7.36. The molecule has 1 atom stereocenters. The van der Waals surface area contributed by atoms with Crippen LogP contribution in [0.4, 0.5) is 5.95 Å². The summed E-state index contributed by atoms with van der Waals surface area (Å²) in [6.45, 7) is 2.66. The van der Waals surface area contributed by atoms with Crippen LogP contribution >= 0.6 is 11.6 Å². The van der Waals surface area contributed by atoms with Crippen molar-refractivity contribution >= 4 is 34.6 Å². The largest absolute Gasteiger partial charge is 0.341 e. The van der Waals surface area contributed by atoms with Gasteiger partial charge in [0.2, 0.25) is 11.9 Å². The number of hydrogen-bond donors (Lipinski definition) is 1. The number of anilines is 1. The van der Waals surface area contributed by atoms with Gasteiger partial charge in [0.15, 0.2) is 11.2 Å². The van der Waals surface area contributed by atoms with Gasteiger partial charge in [0, 0.05) is 44.3 Å². The van der Waals surface area contributed by atoms with Gasteiger partial charge in [0.25, 0.3) is 5.56 Å². The number of imidazole rings is 1. The van der Waals surface area contributed by atoms with Crippen LogP contribution in [0.15, 0.2) is 33.9 Å². The molecule has 2 aromatic heterocycles. The Kier molecular flexibility index (Phi) is 6.41. The van der Waals surface area contributed by atoms with E-state index in [0.717, 1.165) is 42.4 Å². The Bertz CT molecular complexity index is 1390. The minimum atomic E-state index is -0.556. The molecular weight excluding hydrogens is 470 g/mol. The van der Waals surface area contributed by atoms with Gasteiger partial charge in [-0.05, 0) is 37.3 Å². The molecule has 2 N–H and O–H groups in total. The number of amides is 1. The molecule has 2 aliphatic heterocycles. The SMILES string of the molecule is Cn1c(=O)n(CC(=O)N2CCCC2)c(=O)c2c1nc(N1CCCC(N)C1)n2Cc1ccccc1Cl. The summed E-state index contributed by atoms with van der Waals surface area (Å²) in [6.07, 6.45) is 3.70. The second-order valence-electron chi connectivity index (χ2n) is 9.43. The van der Waals surface area contributed by atoms with E-state index in [0.29, 0.717) is 37.1 Å². The van der Waals surface area contributed by atoms with Crippen LogP contribution in [0.2, 0.25) is 5.02 Å². The number of nitrogens with two attached hydrogens (primary N) is 1. The minimum absolute atomic E-state index is 0.00381. The van der Waals surface area contributed by atoms with Gasteiger partial charge >= 0.3 is 5.69 Å². The summed E-state index contributed by atoms with van der Waals surface area (Å²) in [5.74, 6) is 0.353. The van der Waals surface area contributed by atoms with Crippen LogP contribution in [0.1, 0.15) is 31.2 Å². The molecule has 11 heteroatoms. The summed E-state index contributed by atoms with van der Waals surface area (Å²) < 4.78 is 4.19. The Morgan fingerprint density at radius 3 is 2.57 bits per heavy atom. The maximum Gasteiger partial charge on any atom is 0.332 e. The van der Waals surface area contributed by atoms with Crippen LogP contribution in [-0.2, 0) is 24.9 Å². The minimum Gasteiger partial charge on any atom is -0.341 e. The Morgan fingerprint density at radius 1 is 1.11 bits per heavy atom. The van der Waals surface area contributed by atoms with E-state index in [2.05, 4.69) is 4.90 Å². The molecule has 186 valence electrons. The fourth-order valence-electron chi connectivity index (χ4n) is 5.08. The Balaban J connectivity index is 1.68. The van der Waals surface area contributed by atoms with Gasteiger partial charge in [-0.15, -0.1) is 0 Å². The Labute approximate surface area is 207 Å². The number of piperidine rings is 1. The highest BCUT2D eigenvalue weighted by Gasteiger charge is 2.28. The predicted octanol–water partition coefficient (Wildman–Crippen LogP) is 1.15. The first kappa shape index (κ1) is 23.6. The van der Waals surface area contributed by atoms with Crippen molar-refractivity contribution in [1.82, 2.24) is 23.6 Å². The van der Waals surface area contributed by atoms with E-state index in [9.17, 15) is 14.4 Å². The number of fused-ring (bicyclic) bond motifs is 1. The van der Waals surface area contributed by atoms with E-state index < -0.39 is 11.2 Å². The molecule has 1 unspecified atom stereocenters. The van der Waals surface area contributed by atoms with Crippen molar-refractivity contribution in [3.63, 3.8) is 0 Å². The first-order valence-corrected chi connectivity index (χ1v) is 12.4. The van der Waals surface area contributed by atoms with E-state index >= 15 is 0 Å². The fourth-order valence-corrected chi connectivity index (χ4v) is 5.28. The molecule has 0 aliphatic carbocycles. The molecule has 1 aromatic carbocycles. The number of carbonyl (C=O) groups excluding carboxylic acids is 1. The lowest BCUT2D eigenvalue weighted by Gasteiger charge is -2.32. The molecule has 0 saturated carbocycles. The first-order chi connectivity index (χ1) is 16.8. The summed E-state index contributed by atoms with van der Waals surface area (Å²) in [7, 11) is 1.58. The quantitative estimate of drug-likeness (QED) is 0.563. The van der Waals surface area contributed by atoms with Gasteiger partial charge in [-0.25, -0.2) is 9.36 Å². The third-order valence-electron chi connectivity index (χ3n) is 6.99. The van der Waals surface area contributed by atoms with Crippen molar-refractivity contribution in [3.8, 4) is 0 Å². The van der Waals surface area contributed by atoms with Crippen molar-refractivity contribution in [3.05, 3.63) is 55.7 Å². The highest BCUT2D eigenvalue weighted by molar-refractivity contribution is 6.31. The summed E-state index contributed by atoms with van der Waals surface area (Å²) in [5.41, 5.74) is 6.54. The maximum atomic E-state index is 13.8. The lowest BCUT2D eigenvalue weighted by Crippen LogP contribution is -2.44. The molecule has 35 heavy (non-hydrogen) atoms. The summed E-state index contributed by atoms with van der Waals surface area (Å²) in [6, 6.07) is 7.44. The van der Waals surface area contributed by atoms with Crippen LogP contribution in [0.25, 0.3) is 11.2 Å². The van der Waals surface area contributed by atoms with Crippen LogP contribution in [0.3, 0.4) is 0 Å². The molecule has 2 aliphatic rings. The van der Waals surface area contributed by atoms with Crippen molar-refractivity contribution in [2.24, 2.45) is 12.8 Å². The summed E-state index contributed by atoms with van der Waals surface area (Å²) >= 11 is 6.47. The standard InChI is InChI=1S/C24H30ClN7O3/c1-28-21-20(22(34)32(24(28)35)15-19(33)29-10-4-5-11-29)31(13-16-7-2-3-9-18(16)25)23(27-21)30-12-6-8-17(26)14-30/h2-3,7,9,17H,4-6,8,10-15,26H2,1H3. The topological polar surface area (TPSA) is 111 Å². The number of rotatable bonds is 5.